The van der Waals surface area contributed by atoms with E-state index in [1.54, 1.807) is 0 Å². The van der Waals surface area contributed by atoms with Gasteiger partial charge in [0.15, 0.2) is 5.78 Å². The molecule has 1 N–H and O–H groups in total. The van der Waals surface area contributed by atoms with Gasteiger partial charge in [-0.15, -0.1) is 0 Å². The maximum Gasteiger partial charge on any atom is 0.179 e. The fraction of sp³-hybridized carbons (Fsp3) is 0.542. The smallest absolute Gasteiger partial charge is 0.179 e. The lowest BCUT2D eigenvalue weighted by Crippen LogP contribution is -2.10. The van der Waals surface area contributed by atoms with Crippen molar-refractivity contribution in [2.75, 3.05) is 6.61 Å². The lowest BCUT2D eigenvalue weighted by Gasteiger charge is -2.13. The van der Waals surface area contributed by atoms with Crippen molar-refractivity contribution in [1.29, 1.82) is 0 Å². The van der Waals surface area contributed by atoms with Crippen molar-refractivity contribution in [2.45, 2.75) is 64.2 Å². The number of benzene rings is 1. The molecule has 1 aromatic carbocycles. The number of hydrogen-bond acceptors (Lipinski definition) is 2. The molecule has 0 spiro atoms. The van der Waals surface area contributed by atoms with Gasteiger partial charge in [-0.3, -0.25) is 4.79 Å². The summed E-state index contributed by atoms with van der Waals surface area (Å²) in [6, 6.07) is 12.8. The summed E-state index contributed by atoms with van der Waals surface area (Å²) in [7, 11) is 2.01. The Morgan fingerprint density at radius 2 is 2.04 bits per heavy atom. The van der Waals surface area contributed by atoms with E-state index in [0.29, 0.717) is 24.2 Å². The Bertz CT molecular complexity index is 774. The molecule has 1 fully saturated rings. The fourth-order valence-corrected chi connectivity index (χ4v) is 4.42. The molecule has 0 saturated heterocycles. The van der Waals surface area contributed by atoms with Crippen molar-refractivity contribution in [3.8, 4) is 0 Å². The third kappa shape index (κ3) is 4.70. The number of carbonyl (C=O) groups excluding carboxylic acids is 1. The highest BCUT2D eigenvalue weighted by molar-refractivity contribution is 5.94. The number of aliphatic hydroxyl groups excluding tert-OH is 1. The third-order valence-corrected chi connectivity index (χ3v) is 6.15. The second-order valence-corrected chi connectivity index (χ2v) is 8.44. The van der Waals surface area contributed by atoms with Crippen LogP contribution in [0.4, 0.5) is 0 Å². The second kappa shape index (κ2) is 8.88. The zero-order chi connectivity index (χ0) is 19.4. The molecule has 1 saturated carbocycles. The van der Waals surface area contributed by atoms with E-state index in [4.69, 9.17) is 0 Å². The van der Waals surface area contributed by atoms with E-state index in [1.165, 1.54) is 16.8 Å². The Morgan fingerprint density at radius 3 is 2.74 bits per heavy atom. The summed E-state index contributed by atoms with van der Waals surface area (Å²) in [6.45, 7) is 4.70. The predicted molar refractivity (Wildman–Crippen MR) is 110 cm³/mol. The fourth-order valence-electron chi connectivity index (χ4n) is 4.42. The van der Waals surface area contributed by atoms with Crippen LogP contribution in [0.5, 0.6) is 0 Å². The highest BCUT2D eigenvalue weighted by atomic mass is 16.3. The summed E-state index contributed by atoms with van der Waals surface area (Å²) in [5, 5.41) is 9.37. The first-order chi connectivity index (χ1) is 13.0. The van der Waals surface area contributed by atoms with Crippen molar-refractivity contribution in [3.05, 3.63) is 58.9 Å². The van der Waals surface area contributed by atoms with E-state index in [0.717, 1.165) is 37.8 Å². The van der Waals surface area contributed by atoms with Gasteiger partial charge in [-0.05, 0) is 73.1 Å². The number of nitrogens with zero attached hydrogens (tertiary/aromatic N) is 1. The van der Waals surface area contributed by atoms with Crippen LogP contribution in [0.1, 0.15) is 85.1 Å². The monoisotopic (exact) mass is 367 g/mol. The van der Waals surface area contributed by atoms with Crippen LogP contribution in [-0.4, -0.2) is 22.1 Å². The van der Waals surface area contributed by atoms with Gasteiger partial charge in [-0.25, -0.2) is 0 Å². The molecule has 3 heteroatoms. The Kier molecular flexibility index (Phi) is 6.54. The normalized spacial score (nSPS) is 19.7. The average Bonchev–Trinajstić information content (AvgIpc) is 3.28. The quantitative estimate of drug-likeness (QED) is 0.649. The molecule has 0 bridgehead atoms. The SMILES string of the molecule is CC(C)c1cccc(CCCC(=O)c2ccc([C@H]3CC[C@H](CO)C3)n2C)c1. The van der Waals surface area contributed by atoms with E-state index in [1.807, 2.05) is 13.1 Å². The van der Waals surface area contributed by atoms with Gasteiger partial charge in [-0.2, -0.15) is 0 Å². The summed E-state index contributed by atoms with van der Waals surface area (Å²) in [6.07, 6.45) is 5.66. The number of aromatic nitrogens is 1. The predicted octanol–water partition coefficient (Wildman–Crippen LogP) is 5.23. The Morgan fingerprint density at radius 1 is 1.22 bits per heavy atom. The molecule has 0 aliphatic heterocycles. The number of aryl methyl sites for hydroxylation is 1. The summed E-state index contributed by atoms with van der Waals surface area (Å²) in [4.78, 5) is 12.7. The third-order valence-electron chi connectivity index (χ3n) is 6.15. The number of hydrogen-bond donors (Lipinski definition) is 1. The van der Waals surface area contributed by atoms with Crippen molar-refractivity contribution in [1.82, 2.24) is 4.57 Å². The minimum atomic E-state index is 0.237. The Balaban J connectivity index is 1.57. The van der Waals surface area contributed by atoms with Crippen LogP contribution in [0.3, 0.4) is 0 Å². The maximum atomic E-state index is 12.7. The molecule has 146 valence electrons. The molecule has 1 aliphatic carbocycles. The molecule has 1 aliphatic rings. The molecule has 2 aromatic rings. The van der Waals surface area contributed by atoms with E-state index in [-0.39, 0.29) is 12.4 Å². The minimum absolute atomic E-state index is 0.237. The van der Waals surface area contributed by atoms with Crippen LogP contribution in [0.2, 0.25) is 0 Å². The van der Waals surface area contributed by atoms with Crippen LogP contribution in [0, 0.1) is 5.92 Å². The van der Waals surface area contributed by atoms with Gasteiger partial charge in [0.1, 0.15) is 0 Å². The van der Waals surface area contributed by atoms with Gasteiger partial charge >= 0.3 is 0 Å². The summed E-state index contributed by atoms with van der Waals surface area (Å²) in [5.41, 5.74) is 4.76. The lowest BCUT2D eigenvalue weighted by molar-refractivity contribution is 0.0972. The molecule has 27 heavy (non-hydrogen) atoms. The molecule has 3 nitrogen and oxygen atoms in total. The highest BCUT2D eigenvalue weighted by Gasteiger charge is 2.28. The zero-order valence-electron chi connectivity index (χ0n) is 16.9. The standard InChI is InChI=1S/C24H33NO2/c1-17(2)20-8-4-6-18(14-20)7-5-9-24(27)23-13-12-22(25(23)3)21-11-10-19(15-21)16-26/h4,6,8,12-14,17,19,21,26H,5,7,9-11,15-16H2,1-3H3/t19-,21-/m0/s1. The van der Waals surface area contributed by atoms with Crippen molar-refractivity contribution in [3.63, 3.8) is 0 Å². The van der Waals surface area contributed by atoms with Crippen molar-refractivity contribution >= 4 is 5.78 Å². The molecule has 2 atom stereocenters. The van der Waals surface area contributed by atoms with Gasteiger partial charge in [0, 0.05) is 25.8 Å². The lowest BCUT2D eigenvalue weighted by atomic mass is 9.98. The highest BCUT2D eigenvalue weighted by Crippen LogP contribution is 2.38. The molecule has 0 amide bonds. The number of carbonyl (C=O) groups is 1. The molecular weight excluding hydrogens is 334 g/mol. The topological polar surface area (TPSA) is 42.2 Å². The average molecular weight is 368 g/mol. The number of Topliss-reactive ketones (excluding diaryl/α,β-unsaturated/α-hetero) is 1. The number of aliphatic hydroxyl groups is 1. The summed E-state index contributed by atoms with van der Waals surface area (Å²) < 4.78 is 2.09. The molecule has 0 radical (unpaired) electrons. The van der Waals surface area contributed by atoms with Crippen molar-refractivity contribution in [2.24, 2.45) is 13.0 Å². The minimum Gasteiger partial charge on any atom is -0.396 e. The van der Waals surface area contributed by atoms with Gasteiger partial charge in [0.25, 0.3) is 0 Å². The molecular formula is C24H33NO2. The molecule has 3 rings (SSSR count). The molecule has 0 unspecified atom stereocenters. The summed E-state index contributed by atoms with van der Waals surface area (Å²) >= 11 is 0. The first kappa shape index (κ1) is 19.9. The first-order valence-electron chi connectivity index (χ1n) is 10.4. The van der Waals surface area contributed by atoms with Crippen LogP contribution < -0.4 is 0 Å². The zero-order valence-corrected chi connectivity index (χ0v) is 16.9. The molecule has 1 aromatic heterocycles. The largest absolute Gasteiger partial charge is 0.396 e. The Labute approximate surface area is 163 Å². The van der Waals surface area contributed by atoms with Crippen LogP contribution in [0.15, 0.2) is 36.4 Å². The summed E-state index contributed by atoms with van der Waals surface area (Å²) in [5.74, 6) is 1.67. The van der Waals surface area contributed by atoms with Gasteiger partial charge in [0.05, 0.1) is 5.69 Å². The Hall–Kier alpha value is -1.87. The van der Waals surface area contributed by atoms with Gasteiger partial charge < -0.3 is 9.67 Å². The van der Waals surface area contributed by atoms with E-state index in [2.05, 4.69) is 48.7 Å². The number of rotatable bonds is 8. The second-order valence-electron chi connectivity index (χ2n) is 8.44. The molecule has 1 heterocycles. The van der Waals surface area contributed by atoms with E-state index >= 15 is 0 Å². The van der Waals surface area contributed by atoms with Gasteiger partial charge in [0.2, 0.25) is 0 Å². The van der Waals surface area contributed by atoms with Crippen LogP contribution in [-0.2, 0) is 13.5 Å². The maximum absolute atomic E-state index is 12.7. The van der Waals surface area contributed by atoms with Crippen molar-refractivity contribution < 1.29 is 9.90 Å². The van der Waals surface area contributed by atoms with E-state index in [9.17, 15) is 9.90 Å². The van der Waals surface area contributed by atoms with E-state index < -0.39 is 0 Å². The first-order valence-corrected chi connectivity index (χ1v) is 10.4. The number of ketones is 1. The van der Waals surface area contributed by atoms with Crippen LogP contribution >= 0.6 is 0 Å². The van der Waals surface area contributed by atoms with Crippen LogP contribution in [0.25, 0.3) is 0 Å². The van der Waals surface area contributed by atoms with Gasteiger partial charge in [-0.1, -0.05) is 38.1 Å².